The molecular weight excluding hydrogens is 514 g/mol. The van der Waals surface area contributed by atoms with Gasteiger partial charge in [0.1, 0.15) is 17.3 Å². The molecule has 198 valence electrons. The van der Waals surface area contributed by atoms with Gasteiger partial charge in [-0.2, -0.15) is 5.10 Å². The van der Waals surface area contributed by atoms with Gasteiger partial charge in [0.15, 0.2) is 10.5 Å². The Kier molecular flexibility index (Phi) is 7.46. The van der Waals surface area contributed by atoms with E-state index in [1.165, 1.54) is 37.3 Å². The monoisotopic (exact) mass is 540 g/mol. The van der Waals surface area contributed by atoms with E-state index in [0.717, 1.165) is 19.3 Å². The van der Waals surface area contributed by atoms with E-state index < -0.39 is 18.0 Å². The van der Waals surface area contributed by atoms with Crippen LogP contribution in [0.4, 0.5) is 14.6 Å². The number of carbonyl (C=O) groups is 2. The van der Waals surface area contributed by atoms with Gasteiger partial charge in [-0.25, -0.2) is 13.8 Å². The van der Waals surface area contributed by atoms with Crippen molar-refractivity contribution < 1.29 is 23.1 Å². The van der Waals surface area contributed by atoms with Crippen LogP contribution < -0.4 is 20.4 Å². The standard InChI is InChI=1S/C26H26F2N6O3S/c1-14-3-8-23(35)34(13-14)21-10-16(17-9-19(24(27)28)29-12-20(17)37-2)18(11-30-21)25(36)31-26-33-32-22(38-26)7-6-15-4-5-15/h9-12,14-15,22,24,32H,3-5,8,13H2,1-2H3,(H,31,33,36). The fraction of sp³-hybridized carbons (Fsp3) is 0.423. The third-order valence-corrected chi connectivity index (χ3v) is 7.28. The molecule has 2 aromatic heterocycles. The predicted octanol–water partition coefficient (Wildman–Crippen LogP) is 3.93. The van der Waals surface area contributed by atoms with E-state index in [0.29, 0.717) is 29.9 Å². The van der Waals surface area contributed by atoms with Crippen molar-refractivity contribution in [2.75, 3.05) is 18.6 Å². The van der Waals surface area contributed by atoms with Crippen LogP contribution >= 0.6 is 11.8 Å². The lowest BCUT2D eigenvalue weighted by atomic mass is 9.97. The summed E-state index contributed by atoms with van der Waals surface area (Å²) in [5.74, 6) is 6.86. The maximum Gasteiger partial charge on any atom is 0.280 e. The molecule has 1 saturated heterocycles. The number of anilines is 1. The maximum atomic E-state index is 13.6. The van der Waals surface area contributed by atoms with Gasteiger partial charge in [-0.05, 0) is 49.1 Å². The number of aromatic nitrogens is 2. The molecule has 2 atom stereocenters. The molecular formula is C26H26F2N6O3S. The number of hydrogen-bond donors (Lipinski definition) is 2. The lowest BCUT2D eigenvalue weighted by Crippen LogP contribution is -2.39. The summed E-state index contributed by atoms with van der Waals surface area (Å²) in [6.07, 6.45) is 3.07. The van der Waals surface area contributed by atoms with Crippen molar-refractivity contribution in [1.82, 2.24) is 20.7 Å². The van der Waals surface area contributed by atoms with Crippen LogP contribution in [0, 0.1) is 23.7 Å². The summed E-state index contributed by atoms with van der Waals surface area (Å²) in [5, 5.41) is 6.96. The average molecular weight is 541 g/mol. The first-order chi connectivity index (χ1) is 18.3. The Morgan fingerprint density at radius 1 is 1.21 bits per heavy atom. The number of halogens is 2. The van der Waals surface area contributed by atoms with E-state index in [1.807, 2.05) is 6.92 Å². The van der Waals surface area contributed by atoms with E-state index in [2.05, 4.69) is 37.7 Å². The normalized spacial score (nSPS) is 20.9. The highest BCUT2D eigenvalue weighted by atomic mass is 32.2. The van der Waals surface area contributed by atoms with Crippen molar-refractivity contribution in [2.45, 2.75) is 44.4 Å². The number of amides is 2. The Morgan fingerprint density at radius 3 is 2.76 bits per heavy atom. The maximum absolute atomic E-state index is 13.6. The zero-order chi connectivity index (χ0) is 26.8. The van der Waals surface area contributed by atoms with Gasteiger partial charge in [-0.3, -0.25) is 30.2 Å². The SMILES string of the molecule is COc1cnc(C(F)F)cc1-c1cc(N2CC(C)CCC2=O)ncc1C(=O)NC1=NNC(C#CC2CC2)S1. The molecule has 2 aromatic rings. The number of hydrogen-bond acceptors (Lipinski definition) is 8. The smallest absolute Gasteiger partial charge is 0.280 e. The van der Waals surface area contributed by atoms with Crippen LogP contribution in [0.1, 0.15) is 55.1 Å². The summed E-state index contributed by atoms with van der Waals surface area (Å²) in [7, 11) is 1.39. The second-order valence-corrected chi connectivity index (χ2v) is 10.5. The number of thioether (sulfide) groups is 1. The Hall–Kier alpha value is -3.72. The average Bonchev–Trinajstić information content (AvgIpc) is 3.65. The molecule has 2 amide bonds. The number of amidine groups is 1. The highest BCUT2D eigenvalue weighted by Crippen LogP contribution is 2.37. The number of methoxy groups -OCH3 is 1. The first kappa shape index (κ1) is 25.9. The number of ether oxygens (including phenoxy) is 1. The number of alkyl halides is 2. The van der Waals surface area contributed by atoms with E-state index in [1.54, 1.807) is 11.0 Å². The topological polar surface area (TPSA) is 109 Å². The highest BCUT2D eigenvalue weighted by Gasteiger charge is 2.29. The van der Waals surface area contributed by atoms with Crippen molar-refractivity contribution in [3.63, 3.8) is 0 Å². The number of nitrogens with zero attached hydrogens (tertiary/aromatic N) is 4. The summed E-state index contributed by atoms with van der Waals surface area (Å²) in [5.41, 5.74) is 3.03. The van der Waals surface area contributed by atoms with Gasteiger partial charge in [0.05, 0.1) is 18.9 Å². The summed E-state index contributed by atoms with van der Waals surface area (Å²) >= 11 is 1.27. The third kappa shape index (κ3) is 5.72. The Balaban J connectivity index is 1.49. The van der Waals surface area contributed by atoms with Crippen LogP contribution in [0.25, 0.3) is 11.1 Å². The minimum atomic E-state index is -2.83. The number of pyridine rings is 2. The van der Waals surface area contributed by atoms with Crippen molar-refractivity contribution in [1.29, 1.82) is 0 Å². The second-order valence-electron chi connectivity index (χ2n) is 9.41. The molecule has 12 heteroatoms. The van der Waals surface area contributed by atoms with Crippen LogP contribution in [0.2, 0.25) is 0 Å². The largest absolute Gasteiger partial charge is 0.494 e. The quantitative estimate of drug-likeness (QED) is 0.553. The molecule has 5 rings (SSSR count). The van der Waals surface area contributed by atoms with Crippen LogP contribution in [-0.2, 0) is 4.79 Å². The third-order valence-electron chi connectivity index (χ3n) is 6.41. The van der Waals surface area contributed by atoms with E-state index in [9.17, 15) is 18.4 Å². The number of nitrogens with one attached hydrogen (secondary N) is 2. The highest BCUT2D eigenvalue weighted by molar-refractivity contribution is 8.14. The first-order valence-corrected chi connectivity index (χ1v) is 13.2. The molecule has 38 heavy (non-hydrogen) atoms. The fourth-order valence-electron chi connectivity index (χ4n) is 4.16. The van der Waals surface area contributed by atoms with Gasteiger partial charge >= 0.3 is 0 Å². The number of carbonyl (C=O) groups excluding carboxylic acids is 2. The number of piperidine rings is 1. The minimum absolute atomic E-state index is 0.0881. The van der Waals surface area contributed by atoms with Gasteiger partial charge in [0, 0.05) is 36.2 Å². The van der Waals surface area contributed by atoms with Crippen LogP contribution in [-0.4, -0.2) is 46.0 Å². The molecule has 9 nitrogen and oxygen atoms in total. The molecule has 1 saturated carbocycles. The van der Waals surface area contributed by atoms with Crippen molar-refractivity contribution in [3.8, 4) is 28.7 Å². The molecule has 0 radical (unpaired) electrons. The molecule has 3 aliphatic rings. The zero-order valence-corrected chi connectivity index (χ0v) is 21.6. The summed E-state index contributed by atoms with van der Waals surface area (Å²) in [6, 6.07) is 2.75. The second kappa shape index (κ2) is 10.9. The lowest BCUT2D eigenvalue weighted by Gasteiger charge is -2.30. The molecule has 2 N–H and O–H groups in total. The molecule has 2 aliphatic heterocycles. The predicted molar refractivity (Wildman–Crippen MR) is 140 cm³/mol. The van der Waals surface area contributed by atoms with Crippen LogP contribution in [0.3, 0.4) is 0 Å². The van der Waals surface area contributed by atoms with Crippen molar-refractivity contribution in [2.24, 2.45) is 16.9 Å². The van der Waals surface area contributed by atoms with Gasteiger partial charge in [0.2, 0.25) is 5.91 Å². The summed E-state index contributed by atoms with van der Waals surface area (Å²) in [4.78, 5) is 35.8. The lowest BCUT2D eigenvalue weighted by molar-refractivity contribution is -0.120. The summed E-state index contributed by atoms with van der Waals surface area (Å²) in [6.45, 7) is 2.51. The van der Waals surface area contributed by atoms with Crippen molar-refractivity contribution in [3.05, 3.63) is 35.8 Å². The van der Waals surface area contributed by atoms with Gasteiger partial charge in [-0.15, -0.1) is 0 Å². The molecule has 0 bridgehead atoms. The van der Waals surface area contributed by atoms with Crippen LogP contribution in [0.15, 0.2) is 29.6 Å². The molecule has 4 heterocycles. The Bertz CT molecular complexity index is 1350. The van der Waals surface area contributed by atoms with E-state index in [-0.39, 0.29) is 39.6 Å². The molecule has 1 aliphatic carbocycles. The zero-order valence-electron chi connectivity index (χ0n) is 20.8. The van der Waals surface area contributed by atoms with Crippen molar-refractivity contribution >= 4 is 34.6 Å². The molecule has 2 fully saturated rings. The number of rotatable bonds is 5. The Morgan fingerprint density at radius 2 is 2.03 bits per heavy atom. The molecule has 0 aromatic carbocycles. The Labute approximate surface area is 222 Å². The first-order valence-electron chi connectivity index (χ1n) is 12.3. The van der Waals surface area contributed by atoms with E-state index >= 15 is 0 Å². The molecule has 0 spiro atoms. The fourth-order valence-corrected chi connectivity index (χ4v) is 4.88. The van der Waals surface area contributed by atoms with Crippen LogP contribution in [0.5, 0.6) is 5.75 Å². The van der Waals surface area contributed by atoms with Gasteiger partial charge < -0.3 is 4.74 Å². The summed E-state index contributed by atoms with van der Waals surface area (Å²) < 4.78 is 32.5. The van der Waals surface area contributed by atoms with E-state index in [4.69, 9.17) is 4.74 Å². The van der Waals surface area contributed by atoms with Gasteiger partial charge in [0.25, 0.3) is 12.3 Å². The minimum Gasteiger partial charge on any atom is -0.494 e. The van der Waals surface area contributed by atoms with Gasteiger partial charge in [-0.1, -0.05) is 18.8 Å². The number of hydrazone groups is 1. The molecule has 2 unspecified atom stereocenters.